The molecule has 0 aromatic carbocycles. The minimum Gasteiger partial charge on any atom is -0.494 e. The van der Waals surface area contributed by atoms with Crippen LogP contribution in [-0.2, 0) is 6.18 Å². The third-order valence-corrected chi connectivity index (χ3v) is 2.37. The Hall–Kier alpha value is -2.11. The number of pyridine rings is 2. The fourth-order valence-electron chi connectivity index (χ4n) is 1.50. The Morgan fingerprint density at radius 1 is 1.11 bits per heavy atom. The lowest BCUT2D eigenvalue weighted by Crippen LogP contribution is -2.07. The highest BCUT2D eigenvalue weighted by Crippen LogP contribution is 2.31. The Kier molecular flexibility index (Phi) is 3.18. The molecule has 0 aliphatic heterocycles. The summed E-state index contributed by atoms with van der Waals surface area (Å²) in [6.07, 6.45) is -0.232. The minimum atomic E-state index is -4.43. The van der Waals surface area contributed by atoms with Gasteiger partial charge in [-0.15, -0.1) is 0 Å². The maximum absolute atomic E-state index is 12.4. The molecule has 0 atom stereocenters. The van der Waals surface area contributed by atoms with Crippen molar-refractivity contribution in [2.24, 2.45) is 0 Å². The summed E-state index contributed by atoms with van der Waals surface area (Å²) >= 11 is 0. The molecular formula is C12H9F3N2O. The number of rotatable bonds is 2. The lowest BCUT2D eigenvalue weighted by molar-refractivity contribution is -0.141. The number of ether oxygens (including phenoxy) is 1. The van der Waals surface area contributed by atoms with Crippen LogP contribution in [0.25, 0.3) is 11.1 Å². The van der Waals surface area contributed by atoms with Crippen LogP contribution in [0.15, 0.2) is 36.8 Å². The van der Waals surface area contributed by atoms with Crippen LogP contribution in [0.4, 0.5) is 13.2 Å². The first kappa shape index (κ1) is 12.3. The number of methoxy groups -OCH3 is 1. The monoisotopic (exact) mass is 254 g/mol. The summed E-state index contributed by atoms with van der Waals surface area (Å²) in [6, 6.07) is 3.95. The Labute approximate surface area is 101 Å². The number of hydrogen-bond donors (Lipinski definition) is 0. The molecule has 0 aliphatic carbocycles. The van der Waals surface area contributed by atoms with Gasteiger partial charge in [-0.3, -0.25) is 9.97 Å². The molecule has 6 heteroatoms. The number of alkyl halides is 3. The number of aromatic nitrogens is 2. The summed E-state index contributed by atoms with van der Waals surface area (Å²) in [5.41, 5.74) is 0.273. The maximum atomic E-state index is 12.4. The fourth-order valence-corrected chi connectivity index (χ4v) is 1.50. The molecule has 94 valence electrons. The molecule has 2 aromatic heterocycles. The van der Waals surface area contributed by atoms with Crippen LogP contribution in [0.2, 0.25) is 0 Å². The van der Waals surface area contributed by atoms with Crippen LogP contribution in [-0.4, -0.2) is 17.1 Å². The smallest absolute Gasteiger partial charge is 0.433 e. The first-order chi connectivity index (χ1) is 8.52. The Morgan fingerprint density at radius 3 is 2.44 bits per heavy atom. The first-order valence-corrected chi connectivity index (χ1v) is 5.04. The standard InChI is InChI=1S/C12H9F3N2O/c1-18-10-7-16-5-4-9(10)8-2-3-11(17-6-8)12(13,14)15/h2-7H,1H3. The van der Waals surface area contributed by atoms with E-state index in [1.165, 1.54) is 31.8 Å². The highest BCUT2D eigenvalue weighted by molar-refractivity contribution is 5.68. The summed E-state index contributed by atoms with van der Waals surface area (Å²) in [5, 5.41) is 0. The van der Waals surface area contributed by atoms with E-state index < -0.39 is 11.9 Å². The lowest BCUT2D eigenvalue weighted by Gasteiger charge is -2.09. The average Bonchev–Trinajstić information content (AvgIpc) is 2.38. The van der Waals surface area contributed by atoms with Gasteiger partial charge < -0.3 is 4.74 Å². The minimum absolute atomic E-state index is 0.485. The van der Waals surface area contributed by atoms with Crippen molar-refractivity contribution in [1.82, 2.24) is 9.97 Å². The van der Waals surface area contributed by atoms with E-state index in [0.717, 1.165) is 6.07 Å². The van der Waals surface area contributed by atoms with Crippen molar-refractivity contribution in [1.29, 1.82) is 0 Å². The van der Waals surface area contributed by atoms with E-state index >= 15 is 0 Å². The third-order valence-electron chi connectivity index (χ3n) is 2.37. The molecule has 2 rings (SSSR count). The highest BCUT2D eigenvalue weighted by Gasteiger charge is 2.32. The van der Waals surface area contributed by atoms with Crippen LogP contribution in [0.3, 0.4) is 0 Å². The molecular weight excluding hydrogens is 245 g/mol. The van der Waals surface area contributed by atoms with Gasteiger partial charge in [0.2, 0.25) is 0 Å². The summed E-state index contributed by atoms with van der Waals surface area (Å²) in [7, 11) is 1.47. The van der Waals surface area contributed by atoms with Gasteiger partial charge in [-0.1, -0.05) is 6.07 Å². The van der Waals surface area contributed by atoms with E-state index in [0.29, 0.717) is 16.9 Å². The third kappa shape index (κ3) is 2.42. The molecule has 2 heterocycles. The van der Waals surface area contributed by atoms with Gasteiger partial charge in [-0.25, -0.2) is 0 Å². The fraction of sp³-hybridized carbons (Fsp3) is 0.167. The van der Waals surface area contributed by atoms with Gasteiger partial charge in [-0.05, 0) is 12.1 Å². The molecule has 3 nitrogen and oxygen atoms in total. The van der Waals surface area contributed by atoms with Crippen LogP contribution in [0.1, 0.15) is 5.69 Å². The molecule has 0 unspecified atom stereocenters. The Morgan fingerprint density at radius 2 is 1.89 bits per heavy atom. The topological polar surface area (TPSA) is 35.0 Å². The van der Waals surface area contributed by atoms with Crippen molar-refractivity contribution >= 4 is 0 Å². The molecule has 0 spiro atoms. The second-order valence-corrected chi connectivity index (χ2v) is 3.51. The van der Waals surface area contributed by atoms with Crippen molar-refractivity contribution in [3.8, 4) is 16.9 Å². The number of hydrogen-bond acceptors (Lipinski definition) is 3. The van der Waals surface area contributed by atoms with Crippen molar-refractivity contribution in [3.05, 3.63) is 42.5 Å². The second-order valence-electron chi connectivity index (χ2n) is 3.51. The van der Waals surface area contributed by atoms with Crippen LogP contribution >= 0.6 is 0 Å². The van der Waals surface area contributed by atoms with Gasteiger partial charge in [0.1, 0.15) is 11.4 Å². The molecule has 0 amide bonds. The zero-order valence-electron chi connectivity index (χ0n) is 9.40. The molecule has 0 bridgehead atoms. The summed E-state index contributed by atoms with van der Waals surface area (Å²) < 4.78 is 42.2. The predicted octanol–water partition coefficient (Wildman–Crippen LogP) is 3.17. The van der Waals surface area contributed by atoms with Gasteiger partial charge in [0, 0.05) is 23.5 Å². The Bertz CT molecular complexity index is 538. The average molecular weight is 254 g/mol. The quantitative estimate of drug-likeness (QED) is 0.825. The van der Waals surface area contributed by atoms with Gasteiger partial charge in [-0.2, -0.15) is 13.2 Å². The zero-order valence-corrected chi connectivity index (χ0v) is 9.40. The number of halogens is 3. The summed E-state index contributed by atoms with van der Waals surface area (Å²) in [6.45, 7) is 0. The molecule has 0 radical (unpaired) electrons. The van der Waals surface area contributed by atoms with Gasteiger partial charge >= 0.3 is 6.18 Å². The predicted molar refractivity (Wildman–Crippen MR) is 59.0 cm³/mol. The van der Waals surface area contributed by atoms with Crippen molar-refractivity contribution < 1.29 is 17.9 Å². The van der Waals surface area contributed by atoms with Crippen molar-refractivity contribution in [3.63, 3.8) is 0 Å². The second kappa shape index (κ2) is 4.64. The SMILES string of the molecule is COc1cnccc1-c1ccc(C(F)(F)F)nc1. The lowest BCUT2D eigenvalue weighted by atomic mass is 10.1. The van der Waals surface area contributed by atoms with Crippen LogP contribution in [0, 0.1) is 0 Å². The largest absolute Gasteiger partial charge is 0.494 e. The van der Waals surface area contributed by atoms with Crippen molar-refractivity contribution in [2.75, 3.05) is 7.11 Å². The number of nitrogens with zero attached hydrogens (tertiary/aromatic N) is 2. The molecule has 2 aromatic rings. The van der Waals surface area contributed by atoms with E-state index in [1.807, 2.05) is 0 Å². The van der Waals surface area contributed by atoms with E-state index in [9.17, 15) is 13.2 Å². The molecule has 0 saturated carbocycles. The summed E-state index contributed by atoms with van der Waals surface area (Å²) in [4.78, 5) is 7.27. The normalized spacial score (nSPS) is 11.3. The van der Waals surface area contributed by atoms with Gasteiger partial charge in [0.25, 0.3) is 0 Å². The highest BCUT2D eigenvalue weighted by atomic mass is 19.4. The molecule has 0 aliphatic rings. The van der Waals surface area contributed by atoms with Crippen molar-refractivity contribution in [2.45, 2.75) is 6.18 Å². The van der Waals surface area contributed by atoms with E-state index in [2.05, 4.69) is 9.97 Å². The van der Waals surface area contributed by atoms with Gasteiger partial charge in [0.05, 0.1) is 13.3 Å². The zero-order chi connectivity index (χ0) is 13.2. The molecule has 18 heavy (non-hydrogen) atoms. The van der Waals surface area contributed by atoms with Crippen LogP contribution in [0.5, 0.6) is 5.75 Å². The van der Waals surface area contributed by atoms with Crippen LogP contribution < -0.4 is 4.74 Å². The molecule has 0 fully saturated rings. The first-order valence-electron chi connectivity index (χ1n) is 5.04. The summed E-state index contributed by atoms with van der Waals surface area (Å²) in [5.74, 6) is 0.485. The Balaban J connectivity index is 2.41. The molecule has 0 N–H and O–H groups in total. The van der Waals surface area contributed by atoms with E-state index in [-0.39, 0.29) is 0 Å². The van der Waals surface area contributed by atoms with E-state index in [1.54, 1.807) is 6.07 Å². The van der Waals surface area contributed by atoms with Gasteiger partial charge in [0.15, 0.2) is 0 Å². The molecule has 0 saturated heterocycles. The van der Waals surface area contributed by atoms with E-state index in [4.69, 9.17) is 4.74 Å². The maximum Gasteiger partial charge on any atom is 0.433 e.